The van der Waals surface area contributed by atoms with E-state index in [-0.39, 0.29) is 0 Å². The van der Waals surface area contributed by atoms with E-state index in [0.29, 0.717) is 0 Å². The van der Waals surface area contributed by atoms with Gasteiger partial charge in [-0.05, 0) is 0 Å². The summed E-state index contributed by atoms with van der Waals surface area (Å²) in [6, 6.07) is 0. The van der Waals surface area contributed by atoms with Crippen LogP contribution in [0.5, 0.6) is 0 Å². The van der Waals surface area contributed by atoms with Crippen LogP contribution in [0, 0.1) is 0 Å². The lowest BCUT2D eigenvalue weighted by atomic mass is 10.1. The fraction of sp³-hybridized carbons (Fsp3) is 1.00. The number of rotatable bonds is 2. The SMILES string of the molecule is OC[C@@H](O)[C@@H]1O[C@H](S)[C@H](O)[C@H]1O. The molecule has 0 saturated carbocycles. The van der Waals surface area contributed by atoms with E-state index in [4.69, 9.17) is 20.1 Å². The molecule has 1 heterocycles. The van der Waals surface area contributed by atoms with Crippen LogP contribution in [0.25, 0.3) is 0 Å². The van der Waals surface area contributed by atoms with Crippen LogP contribution in [0.15, 0.2) is 0 Å². The van der Waals surface area contributed by atoms with Crippen molar-refractivity contribution in [2.45, 2.75) is 29.9 Å². The summed E-state index contributed by atoms with van der Waals surface area (Å²) >= 11 is 3.81. The molecule has 0 aromatic rings. The Labute approximate surface area is 75.0 Å². The smallest absolute Gasteiger partial charge is 0.129 e. The van der Waals surface area contributed by atoms with E-state index in [9.17, 15) is 5.11 Å². The third kappa shape index (κ3) is 1.73. The summed E-state index contributed by atoms with van der Waals surface area (Å²) in [7, 11) is 0. The Hall–Kier alpha value is 0.150. The van der Waals surface area contributed by atoms with Crippen molar-refractivity contribution in [3.63, 3.8) is 0 Å². The summed E-state index contributed by atoms with van der Waals surface area (Å²) in [5.74, 6) is 0. The predicted octanol–water partition coefficient (Wildman–Crippen LogP) is -2.28. The van der Waals surface area contributed by atoms with Gasteiger partial charge in [0.1, 0.15) is 29.9 Å². The summed E-state index contributed by atoms with van der Waals surface area (Å²) in [5, 5.41) is 36.0. The number of aliphatic hydroxyl groups is 4. The molecule has 1 saturated heterocycles. The summed E-state index contributed by atoms with van der Waals surface area (Å²) < 4.78 is 4.89. The minimum Gasteiger partial charge on any atom is -0.394 e. The monoisotopic (exact) mass is 196 g/mol. The molecule has 0 amide bonds. The van der Waals surface area contributed by atoms with Crippen LogP contribution in [0.2, 0.25) is 0 Å². The highest BCUT2D eigenvalue weighted by Crippen LogP contribution is 2.25. The summed E-state index contributed by atoms with van der Waals surface area (Å²) in [6.45, 7) is -0.519. The Bertz CT molecular complexity index is 155. The highest BCUT2D eigenvalue weighted by Gasteiger charge is 2.44. The molecular weight excluding hydrogens is 184 g/mol. The van der Waals surface area contributed by atoms with E-state index in [1.54, 1.807) is 0 Å². The minimum atomic E-state index is -1.20. The van der Waals surface area contributed by atoms with Gasteiger partial charge in [-0.3, -0.25) is 0 Å². The van der Waals surface area contributed by atoms with Gasteiger partial charge in [0.05, 0.1) is 6.61 Å². The second kappa shape index (κ2) is 3.91. The van der Waals surface area contributed by atoms with Crippen LogP contribution in [-0.4, -0.2) is 56.9 Å². The number of thiol groups is 1. The number of aliphatic hydroxyl groups excluding tert-OH is 4. The maximum Gasteiger partial charge on any atom is 0.129 e. The van der Waals surface area contributed by atoms with Crippen molar-refractivity contribution in [3.05, 3.63) is 0 Å². The molecule has 4 N–H and O–H groups in total. The van der Waals surface area contributed by atoms with Crippen LogP contribution in [0.4, 0.5) is 0 Å². The van der Waals surface area contributed by atoms with Crippen molar-refractivity contribution in [2.24, 2.45) is 0 Å². The standard InChI is InChI=1S/C6H12O5S/c7-1-2(8)5-3(9)4(10)6(12)11-5/h2-10,12H,1H2/t2-,3-,4-,5+,6-/m1/s1. The summed E-state index contributed by atoms with van der Waals surface area (Å²) in [5.41, 5.74) is -0.814. The largest absolute Gasteiger partial charge is 0.394 e. The zero-order valence-corrected chi connectivity index (χ0v) is 7.13. The van der Waals surface area contributed by atoms with E-state index in [1.807, 2.05) is 0 Å². The lowest BCUT2D eigenvalue weighted by Crippen LogP contribution is -2.40. The van der Waals surface area contributed by atoms with Gasteiger partial charge in [-0.25, -0.2) is 0 Å². The van der Waals surface area contributed by atoms with Gasteiger partial charge in [0.25, 0.3) is 0 Å². The molecule has 0 aromatic carbocycles. The molecule has 5 nitrogen and oxygen atoms in total. The molecule has 0 bridgehead atoms. The first-order valence-electron chi connectivity index (χ1n) is 3.56. The van der Waals surface area contributed by atoms with E-state index in [1.165, 1.54) is 0 Å². The first-order chi connectivity index (χ1) is 5.57. The van der Waals surface area contributed by atoms with E-state index in [2.05, 4.69) is 12.6 Å². The molecule has 72 valence electrons. The molecule has 6 heteroatoms. The molecule has 1 aliphatic rings. The summed E-state index contributed by atoms with van der Waals surface area (Å²) in [4.78, 5) is 0. The van der Waals surface area contributed by atoms with Crippen molar-refractivity contribution in [1.29, 1.82) is 0 Å². The first-order valence-corrected chi connectivity index (χ1v) is 4.08. The molecule has 0 aromatic heterocycles. The molecule has 1 rings (SSSR count). The third-order valence-corrected chi connectivity index (χ3v) is 2.27. The van der Waals surface area contributed by atoms with Gasteiger partial charge in [0.15, 0.2) is 0 Å². The second-order valence-corrected chi connectivity index (χ2v) is 3.23. The van der Waals surface area contributed by atoms with Gasteiger partial charge in [-0.15, -0.1) is 12.6 Å². The van der Waals surface area contributed by atoms with Crippen molar-refractivity contribution in [1.82, 2.24) is 0 Å². The lowest BCUT2D eigenvalue weighted by Gasteiger charge is -2.18. The van der Waals surface area contributed by atoms with Crippen LogP contribution >= 0.6 is 12.6 Å². The normalized spacial score (nSPS) is 44.8. The van der Waals surface area contributed by atoms with E-state index in [0.717, 1.165) is 0 Å². The number of hydrogen-bond donors (Lipinski definition) is 5. The van der Waals surface area contributed by atoms with Crippen LogP contribution in [0.1, 0.15) is 0 Å². The zero-order valence-electron chi connectivity index (χ0n) is 6.24. The van der Waals surface area contributed by atoms with Gasteiger partial charge in [-0.1, -0.05) is 0 Å². The van der Waals surface area contributed by atoms with Gasteiger partial charge < -0.3 is 25.2 Å². The Balaban J connectivity index is 2.58. The minimum absolute atomic E-state index is 0.519. The molecule has 0 radical (unpaired) electrons. The molecule has 0 aliphatic carbocycles. The Morgan fingerprint density at radius 1 is 1.33 bits per heavy atom. The van der Waals surface area contributed by atoms with Crippen molar-refractivity contribution >= 4 is 12.6 Å². The molecule has 12 heavy (non-hydrogen) atoms. The van der Waals surface area contributed by atoms with E-state index < -0.39 is 36.5 Å². The highest BCUT2D eigenvalue weighted by atomic mass is 32.1. The van der Waals surface area contributed by atoms with Crippen molar-refractivity contribution in [2.75, 3.05) is 6.61 Å². The number of hydrogen-bond acceptors (Lipinski definition) is 6. The fourth-order valence-corrected chi connectivity index (χ4v) is 1.42. The maximum atomic E-state index is 9.23. The van der Waals surface area contributed by atoms with Gasteiger partial charge >= 0.3 is 0 Å². The Kier molecular flexibility index (Phi) is 3.33. The number of ether oxygens (including phenoxy) is 1. The quantitative estimate of drug-likeness (QED) is 0.321. The van der Waals surface area contributed by atoms with Gasteiger partial charge in [-0.2, -0.15) is 0 Å². The average molecular weight is 196 g/mol. The molecule has 1 fully saturated rings. The highest BCUT2D eigenvalue weighted by molar-refractivity contribution is 7.80. The molecule has 1 aliphatic heterocycles. The van der Waals surface area contributed by atoms with Gasteiger partial charge in [0, 0.05) is 0 Å². The first kappa shape index (κ1) is 10.2. The molecule has 0 unspecified atom stereocenters. The lowest BCUT2D eigenvalue weighted by molar-refractivity contribution is -0.0711. The van der Waals surface area contributed by atoms with Crippen LogP contribution < -0.4 is 0 Å². The zero-order chi connectivity index (χ0) is 9.30. The van der Waals surface area contributed by atoms with Crippen LogP contribution in [-0.2, 0) is 4.74 Å². The summed E-state index contributed by atoms with van der Waals surface area (Å²) in [6.07, 6.45) is -4.48. The van der Waals surface area contributed by atoms with Crippen LogP contribution in [0.3, 0.4) is 0 Å². The third-order valence-electron chi connectivity index (χ3n) is 1.84. The topological polar surface area (TPSA) is 90.2 Å². The fourth-order valence-electron chi connectivity index (χ4n) is 1.11. The molecule has 5 atom stereocenters. The van der Waals surface area contributed by atoms with Crippen molar-refractivity contribution < 1.29 is 25.2 Å². The van der Waals surface area contributed by atoms with E-state index >= 15 is 0 Å². The predicted molar refractivity (Wildman–Crippen MR) is 42.8 cm³/mol. The Morgan fingerprint density at radius 3 is 2.25 bits per heavy atom. The van der Waals surface area contributed by atoms with Gasteiger partial charge in [0.2, 0.25) is 0 Å². The molecular formula is C6H12O5S. The Morgan fingerprint density at radius 2 is 1.92 bits per heavy atom. The second-order valence-electron chi connectivity index (χ2n) is 2.72. The van der Waals surface area contributed by atoms with Crippen molar-refractivity contribution in [3.8, 4) is 0 Å². The maximum absolute atomic E-state index is 9.23. The average Bonchev–Trinajstić information content (AvgIpc) is 2.32. The molecule has 0 spiro atoms.